The van der Waals surface area contributed by atoms with E-state index in [1.807, 2.05) is 16.7 Å². The van der Waals surface area contributed by atoms with Gasteiger partial charge in [-0.15, -0.1) is 10.2 Å². The van der Waals surface area contributed by atoms with Crippen molar-refractivity contribution in [3.8, 4) is 17.1 Å². The third-order valence-corrected chi connectivity index (χ3v) is 5.09. The van der Waals surface area contributed by atoms with Crippen molar-refractivity contribution in [3.63, 3.8) is 0 Å². The summed E-state index contributed by atoms with van der Waals surface area (Å²) in [7, 11) is 0. The van der Waals surface area contributed by atoms with Gasteiger partial charge in [-0.2, -0.15) is 4.98 Å². The number of pyridine rings is 1. The Balaban J connectivity index is 1.66. The van der Waals surface area contributed by atoms with Crippen LogP contribution in [-0.4, -0.2) is 29.9 Å². The molecule has 4 aromatic rings. The number of rotatable bonds is 7. The molecule has 3 aromatic heterocycles. The van der Waals surface area contributed by atoms with Crippen LogP contribution >= 0.6 is 11.8 Å². The molecule has 0 amide bonds. The number of benzene rings is 1. The maximum absolute atomic E-state index is 5.34. The van der Waals surface area contributed by atoms with Crippen molar-refractivity contribution < 1.29 is 4.52 Å². The van der Waals surface area contributed by atoms with E-state index >= 15 is 0 Å². The first kappa shape index (κ1) is 18.4. The second kappa shape index (κ2) is 8.35. The molecule has 0 fully saturated rings. The minimum absolute atomic E-state index is 0.539. The zero-order valence-electron chi connectivity index (χ0n) is 15.7. The standard InChI is InChI=1S/C20H20N6OS/c1-3-4-17-22-18(27-25-17)13-28-20-24-23-19(15-9-11-21-12-10-15)26(20)16-7-5-14(2)6-8-16/h5-12H,3-4,13H2,1-2H3. The van der Waals surface area contributed by atoms with Crippen LogP contribution in [0.4, 0.5) is 0 Å². The SMILES string of the molecule is CCCc1noc(CSc2nnc(-c3ccncc3)n2-c2ccc(C)cc2)n1. The first-order chi connectivity index (χ1) is 13.7. The molecular weight excluding hydrogens is 372 g/mol. The van der Waals surface area contributed by atoms with Crippen molar-refractivity contribution in [2.24, 2.45) is 0 Å². The van der Waals surface area contributed by atoms with Gasteiger partial charge < -0.3 is 4.52 Å². The number of hydrogen-bond acceptors (Lipinski definition) is 7. The lowest BCUT2D eigenvalue weighted by molar-refractivity contribution is 0.384. The topological polar surface area (TPSA) is 82.5 Å². The maximum Gasteiger partial charge on any atom is 0.237 e. The average molecular weight is 392 g/mol. The van der Waals surface area contributed by atoms with Crippen molar-refractivity contribution >= 4 is 11.8 Å². The van der Waals surface area contributed by atoms with Crippen LogP contribution < -0.4 is 0 Å². The fourth-order valence-electron chi connectivity index (χ4n) is 2.78. The van der Waals surface area contributed by atoms with Gasteiger partial charge in [0.2, 0.25) is 5.89 Å². The molecule has 4 rings (SSSR count). The Bertz CT molecular complexity index is 1040. The van der Waals surface area contributed by atoms with Gasteiger partial charge in [-0.05, 0) is 37.6 Å². The van der Waals surface area contributed by atoms with E-state index in [1.54, 1.807) is 12.4 Å². The van der Waals surface area contributed by atoms with Gasteiger partial charge in [-0.25, -0.2) is 0 Å². The van der Waals surface area contributed by atoms with E-state index in [9.17, 15) is 0 Å². The van der Waals surface area contributed by atoms with E-state index in [0.717, 1.165) is 40.9 Å². The molecular formula is C20H20N6OS. The molecule has 1 aromatic carbocycles. The normalized spacial score (nSPS) is 11.1. The molecule has 28 heavy (non-hydrogen) atoms. The molecule has 0 aliphatic carbocycles. The lowest BCUT2D eigenvalue weighted by Gasteiger charge is -2.10. The molecule has 0 N–H and O–H groups in total. The Morgan fingerprint density at radius 3 is 2.57 bits per heavy atom. The van der Waals surface area contributed by atoms with Gasteiger partial charge >= 0.3 is 0 Å². The van der Waals surface area contributed by atoms with Crippen molar-refractivity contribution in [3.05, 3.63) is 66.1 Å². The van der Waals surface area contributed by atoms with Crippen LogP contribution in [0.1, 0.15) is 30.6 Å². The predicted octanol–water partition coefficient (Wildman–Crippen LogP) is 4.27. The van der Waals surface area contributed by atoms with Gasteiger partial charge in [0, 0.05) is 30.1 Å². The highest BCUT2D eigenvalue weighted by Gasteiger charge is 2.17. The Kier molecular flexibility index (Phi) is 5.48. The van der Waals surface area contributed by atoms with Crippen LogP contribution in [0.3, 0.4) is 0 Å². The minimum atomic E-state index is 0.539. The summed E-state index contributed by atoms with van der Waals surface area (Å²) in [5, 5.41) is 13.6. The van der Waals surface area contributed by atoms with E-state index in [1.165, 1.54) is 17.3 Å². The first-order valence-electron chi connectivity index (χ1n) is 9.11. The fraction of sp³-hybridized carbons (Fsp3) is 0.250. The van der Waals surface area contributed by atoms with Gasteiger partial charge in [0.15, 0.2) is 16.8 Å². The summed E-state index contributed by atoms with van der Waals surface area (Å²) in [5.41, 5.74) is 3.16. The Labute approximate surface area is 167 Å². The molecule has 0 aliphatic heterocycles. The van der Waals surface area contributed by atoms with Crippen LogP contribution in [0.5, 0.6) is 0 Å². The third-order valence-electron chi connectivity index (χ3n) is 4.17. The summed E-state index contributed by atoms with van der Waals surface area (Å²) in [5.74, 6) is 2.65. The summed E-state index contributed by atoms with van der Waals surface area (Å²) < 4.78 is 7.39. The van der Waals surface area contributed by atoms with E-state index in [2.05, 4.69) is 63.4 Å². The van der Waals surface area contributed by atoms with E-state index < -0.39 is 0 Å². The lowest BCUT2D eigenvalue weighted by atomic mass is 10.2. The molecule has 0 atom stereocenters. The lowest BCUT2D eigenvalue weighted by Crippen LogP contribution is -2.00. The van der Waals surface area contributed by atoms with Gasteiger partial charge in [-0.1, -0.05) is 41.5 Å². The van der Waals surface area contributed by atoms with Crippen LogP contribution in [-0.2, 0) is 12.2 Å². The highest BCUT2D eigenvalue weighted by atomic mass is 32.2. The average Bonchev–Trinajstić information content (AvgIpc) is 3.35. The zero-order chi connectivity index (χ0) is 19.3. The highest BCUT2D eigenvalue weighted by molar-refractivity contribution is 7.98. The van der Waals surface area contributed by atoms with Gasteiger partial charge in [0.1, 0.15) is 0 Å². The monoisotopic (exact) mass is 392 g/mol. The van der Waals surface area contributed by atoms with Crippen molar-refractivity contribution in [1.82, 2.24) is 29.9 Å². The van der Waals surface area contributed by atoms with Gasteiger partial charge in [0.25, 0.3) is 0 Å². The Hall–Kier alpha value is -3.00. The Morgan fingerprint density at radius 2 is 1.82 bits per heavy atom. The molecule has 0 spiro atoms. The molecule has 0 saturated heterocycles. The third kappa shape index (κ3) is 3.96. The van der Waals surface area contributed by atoms with Crippen LogP contribution in [0.2, 0.25) is 0 Å². The van der Waals surface area contributed by atoms with Gasteiger partial charge in [-0.3, -0.25) is 9.55 Å². The van der Waals surface area contributed by atoms with Crippen molar-refractivity contribution in [2.45, 2.75) is 37.6 Å². The fourth-order valence-corrected chi connectivity index (χ4v) is 3.57. The molecule has 142 valence electrons. The maximum atomic E-state index is 5.34. The summed E-state index contributed by atoms with van der Waals surface area (Å²) in [6.45, 7) is 4.16. The van der Waals surface area contributed by atoms with Crippen LogP contribution in [0.25, 0.3) is 17.1 Å². The number of aromatic nitrogens is 6. The second-order valence-electron chi connectivity index (χ2n) is 6.36. The number of nitrogens with zero attached hydrogens (tertiary/aromatic N) is 6. The minimum Gasteiger partial charge on any atom is -0.338 e. The summed E-state index contributed by atoms with van der Waals surface area (Å²) >= 11 is 1.52. The first-order valence-corrected chi connectivity index (χ1v) is 10.1. The molecule has 0 aliphatic rings. The number of aryl methyl sites for hydroxylation is 2. The predicted molar refractivity (Wildman–Crippen MR) is 107 cm³/mol. The molecule has 0 radical (unpaired) electrons. The number of hydrogen-bond donors (Lipinski definition) is 0. The molecule has 0 bridgehead atoms. The van der Waals surface area contributed by atoms with Crippen molar-refractivity contribution in [1.29, 1.82) is 0 Å². The quantitative estimate of drug-likeness (QED) is 0.434. The molecule has 0 unspecified atom stereocenters. The summed E-state index contributed by atoms with van der Waals surface area (Å²) in [6, 6.07) is 12.2. The molecule has 8 heteroatoms. The molecule has 7 nitrogen and oxygen atoms in total. The summed E-state index contributed by atoms with van der Waals surface area (Å²) in [6.07, 6.45) is 5.32. The highest BCUT2D eigenvalue weighted by Crippen LogP contribution is 2.29. The van der Waals surface area contributed by atoms with Crippen molar-refractivity contribution in [2.75, 3.05) is 0 Å². The zero-order valence-corrected chi connectivity index (χ0v) is 16.6. The smallest absolute Gasteiger partial charge is 0.237 e. The summed E-state index contributed by atoms with van der Waals surface area (Å²) in [4.78, 5) is 8.52. The Morgan fingerprint density at radius 1 is 1.04 bits per heavy atom. The van der Waals surface area contributed by atoms with E-state index in [4.69, 9.17) is 4.52 Å². The largest absolute Gasteiger partial charge is 0.338 e. The molecule has 0 saturated carbocycles. The van der Waals surface area contributed by atoms with Crippen LogP contribution in [0, 0.1) is 6.92 Å². The van der Waals surface area contributed by atoms with E-state index in [0.29, 0.717) is 11.6 Å². The van der Waals surface area contributed by atoms with Gasteiger partial charge in [0.05, 0.1) is 5.75 Å². The molecule has 3 heterocycles. The van der Waals surface area contributed by atoms with E-state index in [-0.39, 0.29) is 0 Å². The van der Waals surface area contributed by atoms with Crippen LogP contribution in [0.15, 0.2) is 58.5 Å². The second-order valence-corrected chi connectivity index (χ2v) is 7.30. The number of thioether (sulfide) groups is 1.